The van der Waals surface area contributed by atoms with Crippen molar-refractivity contribution in [3.8, 4) is 0 Å². The van der Waals surface area contributed by atoms with Crippen molar-refractivity contribution >= 4 is 34.3 Å². The molecule has 0 aliphatic rings. The zero-order valence-electron chi connectivity index (χ0n) is 13.0. The molecule has 1 aromatic carbocycles. The van der Waals surface area contributed by atoms with Gasteiger partial charge in [0.05, 0.1) is 11.2 Å². The van der Waals surface area contributed by atoms with Gasteiger partial charge in [-0.3, -0.25) is 19.4 Å². The molecule has 0 bridgehead atoms. The van der Waals surface area contributed by atoms with E-state index in [4.69, 9.17) is 0 Å². The third kappa shape index (κ3) is 4.26. The molecular formula is C16H18N4O3. The molecule has 0 unspecified atom stereocenters. The van der Waals surface area contributed by atoms with Crippen molar-refractivity contribution in [3.05, 3.63) is 36.5 Å². The molecular weight excluding hydrogens is 296 g/mol. The van der Waals surface area contributed by atoms with Crippen molar-refractivity contribution < 1.29 is 14.4 Å². The lowest BCUT2D eigenvalue weighted by molar-refractivity contribution is -0.136. The van der Waals surface area contributed by atoms with Crippen LogP contribution in [0.1, 0.15) is 6.42 Å². The fourth-order valence-electron chi connectivity index (χ4n) is 1.97. The summed E-state index contributed by atoms with van der Waals surface area (Å²) in [5.41, 5.74) is 1.08. The van der Waals surface area contributed by atoms with Gasteiger partial charge in [-0.1, -0.05) is 18.2 Å². The van der Waals surface area contributed by atoms with Crippen LogP contribution in [0, 0.1) is 0 Å². The molecule has 2 N–H and O–H groups in total. The van der Waals surface area contributed by atoms with Crippen LogP contribution in [0.4, 0.5) is 5.69 Å². The predicted molar refractivity (Wildman–Crippen MR) is 86.7 cm³/mol. The quantitative estimate of drug-likeness (QED) is 0.815. The van der Waals surface area contributed by atoms with E-state index in [1.54, 1.807) is 38.5 Å². The highest BCUT2D eigenvalue weighted by atomic mass is 16.2. The maximum Gasteiger partial charge on any atom is 0.313 e. The van der Waals surface area contributed by atoms with Crippen LogP contribution in [-0.4, -0.2) is 48.2 Å². The highest BCUT2D eigenvalue weighted by molar-refractivity contribution is 6.40. The highest BCUT2D eigenvalue weighted by Crippen LogP contribution is 2.20. The predicted octanol–water partition coefficient (Wildman–Crippen LogP) is 0.768. The Morgan fingerprint density at radius 3 is 2.57 bits per heavy atom. The minimum absolute atomic E-state index is 0.108. The fraction of sp³-hybridized carbons (Fsp3) is 0.250. The third-order valence-corrected chi connectivity index (χ3v) is 3.21. The summed E-state index contributed by atoms with van der Waals surface area (Å²) in [6.07, 6.45) is 1.76. The van der Waals surface area contributed by atoms with Crippen molar-refractivity contribution in [2.24, 2.45) is 0 Å². The second-order valence-corrected chi connectivity index (χ2v) is 5.13. The minimum atomic E-state index is -0.791. The Hall–Kier alpha value is -2.96. The number of para-hydroxylation sites is 1. The summed E-state index contributed by atoms with van der Waals surface area (Å²) in [7, 11) is 3.26. The zero-order chi connectivity index (χ0) is 16.8. The molecule has 2 rings (SSSR count). The van der Waals surface area contributed by atoms with Crippen LogP contribution in [0.25, 0.3) is 10.9 Å². The number of amides is 3. The van der Waals surface area contributed by atoms with E-state index in [2.05, 4.69) is 15.6 Å². The van der Waals surface area contributed by atoms with Gasteiger partial charge in [-0.15, -0.1) is 0 Å². The number of nitrogens with one attached hydrogen (secondary N) is 2. The molecule has 0 radical (unpaired) electrons. The number of nitrogens with zero attached hydrogens (tertiary/aromatic N) is 2. The molecule has 0 spiro atoms. The first-order valence-corrected chi connectivity index (χ1v) is 7.12. The van der Waals surface area contributed by atoms with E-state index >= 15 is 0 Å². The van der Waals surface area contributed by atoms with Crippen molar-refractivity contribution in [3.63, 3.8) is 0 Å². The Labute approximate surface area is 133 Å². The van der Waals surface area contributed by atoms with E-state index in [0.717, 1.165) is 5.39 Å². The first-order valence-electron chi connectivity index (χ1n) is 7.12. The van der Waals surface area contributed by atoms with Gasteiger partial charge in [-0.2, -0.15) is 0 Å². The topological polar surface area (TPSA) is 91.4 Å². The molecule has 0 fully saturated rings. The van der Waals surface area contributed by atoms with Gasteiger partial charge in [0.15, 0.2) is 0 Å². The normalized spacial score (nSPS) is 10.2. The lowest BCUT2D eigenvalue weighted by Crippen LogP contribution is -2.37. The molecule has 0 aliphatic carbocycles. The van der Waals surface area contributed by atoms with Gasteiger partial charge >= 0.3 is 11.8 Å². The average molecular weight is 314 g/mol. The Kier molecular flexibility index (Phi) is 5.24. The van der Waals surface area contributed by atoms with E-state index in [-0.39, 0.29) is 18.9 Å². The molecule has 3 amide bonds. The van der Waals surface area contributed by atoms with Crippen molar-refractivity contribution in [1.82, 2.24) is 15.2 Å². The molecule has 0 saturated heterocycles. The second kappa shape index (κ2) is 7.35. The van der Waals surface area contributed by atoms with Crippen molar-refractivity contribution in [2.45, 2.75) is 6.42 Å². The van der Waals surface area contributed by atoms with Gasteiger partial charge in [0.25, 0.3) is 0 Å². The van der Waals surface area contributed by atoms with Gasteiger partial charge in [-0.05, 0) is 12.1 Å². The summed E-state index contributed by atoms with van der Waals surface area (Å²) < 4.78 is 0. The van der Waals surface area contributed by atoms with Gasteiger partial charge in [0.2, 0.25) is 5.91 Å². The van der Waals surface area contributed by atoms with Crippen LogP contribution in [0.3, 0.4) is 0 Å². The first-order chi connectivity index (χ1) is 11.0. The first kappa shape index (κ1) is 16.4. The number of aromatic nitrogens is 1. The van der Waals surface area contributed by atoms with Gasteiger partial charge < -0.3 is 15.5 Å². The largest absolute Gasteiger partial charge is 0.349 e. The number of rotatable bonds is 4. The van der Waals surface area contributed by atoms with Crippen LogP contribution in [0.5, 0.6) is 0 Å². The van der Waals surface area contributed by atoms with Crippen molar-refractivity contribution in [1.29, 1.82) is 0 Å². The Morgan fingerprint density at radius 1 is 1.09 bits per heavy atom. The maximum absolute atomic E-state index is 11.9. The Balaban J connectivity index is 1.95. The SMILES string of the molecule is CN(C)C(=O)CCNC(=O)C(=O)Nc1cccc2cccnc12. The van der Waals surface area contributed by atoms with Crippen LogP contribution >= 0.6 is 0 Å². The van der Waals surface area contributed by atoms with E-state index in [0.29, 0.717) is 11.2 Å². The molecule has 120 valence electrons. The van der Waals surface area contributed by atoms with Gasteiger partial charge in [-0.25, -0.2) is 0 Å². The van der Waals surface area contributed by atoms with Gasteiger partial charge in [0.1, 0.15) is 0 Å². The third-order valence-electron chi connectivity index (χ3n) is 3.21. The van der Waals surface area contributed by atoms with Crippen LogP contribution < -0.4 is 10.6 Å². The number of hydrogen-bond acceptors (Lipinski definition) is 4. The number of pyridine rings is 1. The molecule has 0 aliphatic heterocycles. The smallest absolute Gasteiger partial charge is 0.313 e. The molecule has 7 heteroatoms. The summed E-state index contributed by atoms with van der Waals surface area (Å²) >= 11 is 0. The number of hydrogen-bond donors (Lipinski definition) is 2. The molecule has 1 aromatic heterocycles. The van der Waals surface area contributed by atoms with Gasteiger partial charge in [0, 0.05) is 38.6 Å². The molecule has 2 aromatic rings. The fourth-order valence-corrected chi connectivity index (χ4v) is 1.97. The Bertz CT molecular complexity index is 738. The lowest BCUT2D eigenvalue weighted by Gasteiger charge is -2.11. The molecule has 1 heterocycles. The maximum atomic E-state index is 11.9. The monoisotopic (exact) mass is 314 g/mol. The number of carbonyl (C=O) groups excluding carboxylic acids is 3. The van der Waals surface area contributed by atoms with E-state index in [9.17, 15) is 14.4 Å². The van der Waals surface area contributed by atoms with E-state index < -0.39 is 11.8 Å². The Morgan fingerprint density at radius 2 is 1.83 bits per heavy atom. The van der Waals surface area contributed by atoms with E-state index in [1.165, 1.54) is 4.90 Å². The number of benzene rings is 1. The summed E-state index contributed by atoms with van der Waals surface area (Å²) in [5, 5.41) is 5.82. The van der Waals surface area contributed by atoms with E-state index in [1.807, 2.05) is 12.1 Å². The summed E-state index contributed by atoms with van der Waals surface area (Å²) in [4.78, 5) is 40.7. The minimum Gasteiger partial charge on any atom is -0.349 e. The van der Waals surface area contributed by atoms with Crippen molar-refractivity contribution in [2.75, 3.05) is 26.0 Å². The summed E-state index contributed by atoms with van der Waals surface area (Å²) in [6, 6.07) is 8.97. The second-order valence-electron chi connectivity index (χ2n) is 5.13. The molecule has 23 heavy (non-hydrogen) atoms. The zero-order valence-corrected chi connectivity index (χ0v) is 13.0. The summed E-state index contributed by atoms with van der Waals surface area (Å²) in [5.74, 6) is -1.70. The van der Waals surface area contributed by atoms with Crippen LogP contribution in [0.15, 0.2) is 36.5 Å². The number of anilines is 1. The number of fused-ring (bicyclic) bond motifs is 1. The number of carbonyl (C=O) groups is 3. The molecule has 0 atom stereocenters. The standard InChI is InChI=1S/C16H18N4O3/c1-20(2)13(21)8-10-18-15(22)16(23)19-12-7-3-5-11-6-4-9-17-14(11)12/h3-7,9H,8,10H2,1-2H3,(H,18,22)(H,19,23). The summed E-state index contributed by atoms with van der Waals surface area (Å²) in [6.45, 7) is 0.108. The van der Waals surface area contributed by atoms with Crippen LogP contribution in [-0.2, 0) is 14.4 Å². The average Bonchev–Trinajstić information content (AvgIpc) is 2.54. The highest BCUT2D eigenvalue weighted by Gasteiger charge is 2.15. The molecule has 0 saturated carbocycles. The molecule has 7 nitrogen and oxygen atoms in total. The van der Waals surface area contributed by atoms with Crippen LogP contribution in [0.2, 0.25) is 0 Å². The lowest BCUT2D eigenvalue weighted by atomic mass is 10.2.